The van der Waals surface area contributed by atoms with Crippen LogP contribution in [-0.4, -0.2) is 10.9 Å². The molecular weight excluding hydrogens is 366 g/mol. The van der Waals surface area contributed by atoms with Crippen molar-refractivity contribution in [2.45, 2.75) is 6.54 Å². The number of nitrogens with one attached hydrogen (secondary N) is 2. The fraction of sp³-hybridized carbons (Fsp3) is 0.0526. The van der Waals surface area contributed by atoms with Crippen LogP contribution in [0.5, 0.6) is 0 Å². The van der Waals surface area contributed by atoms with E-state index in [0.717, 1.165) is 10.2 Å². The highest BCUT2D eigenvalue weighted by atomic mass is 79.9. The van der Waals surface area contributed by atoms with E-state index in [1.165, 1.54) is 5.56 Å². The summed E-state index contributed by atoms with van der Waals surface area (Å²) in [5.41, 5.74) is 3.11. The highest BCUT2D eigenvalue weighted by Gasteiger charge is 2.10. The van der Waals surface area contributed by atoms with Gasteiger partial charge in [-0.2, -0.15) is 0 Å². The number of pyridine rings is 1. The van der Waals surface area contributed by atoms with Crippen LogP contribution in [0.2, 0.25) is 0 Å². The lowest BCUT2D eigenvalue weighted by Crippen LogP contribution is -2.14. The zero-order chi connectivity index (χ0) is 16.8. The summed E-state index contributed by atoms with van der Waals surface area (Å²) in [5, 5.41) is 6.15. The molecule has 4 nitrogen and oxygen atoms in total. The van der Waals surface area contributed by atoms with Crippen molar-refractivity contribution in [3.63, 3.8) is 0 Å². The zero-order valence-electron chi connectivity index (χ0n) is 12.9. The molecule has 0 radical (unpaired) electrons. The molecule has 2 aromatic carbocycles. The second-order valence-corrected chi connectivity index (χ2v) is 6.06. The van der Waals surface area contributed by atoms with Crippen LogP contribution in [0.25, 0.3) is 0 Å². The minimum atomic E-state index is -0.245. The van der Waals surface area contributed by atoms with E-state index in [0.29, 0.717) is 17.9 Å². The van der Waals surface area contributed by atoms with Gasteiger partial charge >= 0.3 is 0 Å². The van der Waals surface area contributed by atoms with Gasteiger partial charge in [-0.3, -0.25) is 9.78 Å². The Hall–Kier alpha value is -2.66. The molecule has 0 saturated carbocycles. The van der Waals surface area contributed by atoms with E-state index >= 15 is 0 Å². The Balaban J connectivity index is 1.68. The first kappa shape index (κ1) is 16.2. The third-order valence-electron chi connectivity index (χ3n) is 3.45. The van der Waals surface area contributed by atoms with E-state index in [1.807, 2.05) is 48.5 Å². The molecule has 5 heteroatoms. The van der Waals surface area contributed by atoms with E-state index in [4.69, 9.17) is 0 Å². The van der Waals surface area contributed by atoms with Gasteiger partial charge in [0.15, 0.2) is 0 Å². The lowest BCUT2D eigenvalue weighted by atomic mass is 10.2. The largest absolute Gasteiger partial charge is 0.381 e. The first-order valence-electron chi connectivity index (χ1n) is 7.52. The second kappa shape index (κ2) is 7.75. The molecule has 0 bridgehead atoms. The molecule has 0 aliphatic rings. The molecule has 1 amide bonds. The van der Waals surface area contributed by atoms with Gasteiger partial charge in [-0.05, 0) is 45.8 Å². The topological polar surface area (TPSA) is 54.0 Å². The molecule has 0 aliphatic heterocycles. The predicted octanol–water partition coefficient (Wildman–Crippen LogP) is 4.71. The van der Waals surface area contributed by atoms with Gasteiger partial charge in [0.25, 0.3) is 5.91 Å². The number of carbonyl (C=O) groups excluding carboxylic acids is 1. The minimum absolute atomic E-state index is 0.245. The third kappa shape index (κ3) is 4.20. The fourth-order valence-electron chi connectivity index (χ4n) is 2.21. The average molecular weight is 382 g/mol. The number of halogens is 1. The summed E-state index contributed by atoms with van der Waals surface area (Å²) in [6.07, 6.45) is 1.63. The van der Waals surface area contributed by atoms with Crippen LogP contribution in [0, 0.1) is 0 Å². The van der Waals surface area contributed by atoms with Crippen LogP contribution in [0.1, 0.15) is 16.1 Å². The van der Waals surface area contributed by atoms with Crippen molar-refractivity contribution < 1.29 is 4.79 Å². The fourth-order valence-corrected chi connectivity index (χ4v) is 2.60. The van der Waals surface area contributed by atoms with E-state index in [2.05, 4.69) is 43.7 Å². The molecule has 3 aromatic rings. The molecule has 1 aromatic heterocycles. The number of hydrogen-bond donors (Lipinski definition) is 2. The number of hydrogen-bond acceptors (Lipinski definition) is 3. The van der Waals surface area contributed by atoms with Crippen molar-refractivity contribution in [2.24, 2.45) is 0 Å². The number of carbonyl (C=O) groups is 1. The van der Waals surface area contributed by atoms with Crippen molar-refractivity contribution in [3.8, 4) is 0 Å². The number of benzene rings is 2. The molecule has 0 spiro atoms. The van der Waals surface area contributed by atoms with Crippen LogP contribution < -0.4 is 10.6 Å². The Morgan fingerprint density at radius 1 is 1.00 bits per heavy atom. The summed E-state index contributed by atoms with van der Waals surface area (Å²) < 4.78 is 0.830. The molecule has 0 atom stereocenters. The van der Waals surface area contributed by atoms with Gasteiger partial charge < -0.3 is 10.6 Å². The van der Waals surface area contributed by atoms with E-state index in [-0.39, 0.29) is 5.91 Å². The first-order chi connectivity index (χ1) is 11.7. The molecule has 24 heavy (non-hydrogen) atoms. The van der Waals surface area contributed by atoms with E-state index < -0.39 is 0 Å². The SMILES string of the molecule is O=C(Nc1ccccc1Br)c1cc(NCc2ccccc2)ccn1. The van der Waals surface area contributed by atoms with Crippen LogP contribution in [0.15, 0.2) is 77.4 Å². The molecule has 0 unspecified atom stereocenters. The number of nitrogens with zero attached hydrogens (tertiary/aromatic N) is 1. The van der Waals surface area contributed by atoms with Gasteiger partial charge in [0.1, 0.15) is 5.69 Å². The molecule has 2 N–H and O–H groups in total. The van der Waals surface area contributed by atoms with E-state index in [1.54, 1.807) is 12.3 Å². The van der Waals surface area contributed by atoms with Crippen LogP contribution in [0.3, 0.4) is 0 Å². The molecule has 0 aliphatic carbocycles. The van der Waals surface area contributed by atoms with Crippen LogP contribution in [-0.2, 0) is 6.54 Å². The molecular formula is C19H16BrN3O. The maximum atomic E-state index is 12.4. The first-order valence-corrected chi connectivity index (χ1v) is 8.31. The molecule has 1 heterocycles. The lowest BCUT2D eigenvalue weighted by molar-refractivity contribution is 0.102. The van der Waals surface area contributed by atoms with Crippen molar-refractivity contribution in [1.82, 2.24) is 4.98 Å². The summed E-state index contributed by atoms with van der Waals surface area (Å²) >= 11 is 3.42. The highest BCUT2D eigenvalue weighted by Crippen LogP contribution is 2.22. The average Bonchev–Trinajstić information content (AvgIpc) is 2.63. The van der Waals surface area contributed by atoms with Crippen LogP contribution in [0.4, 0.5) is 11.4 Å². The zero-order valence-corrected chi connectivity index (χ0v) is 14.5. The predicted molar refractivity (Wildman–Crippen MR) is 100 cm³/mol. The molecule has 0 fully saturated rings. The molecule has 0 saturated heterocycles. The summed E-state index contributed by atoms with van der Waals surface area (Å²) in [5.74, 6) is -0.245. The molecule has 3 rings (SSSR count). The van der Waals surface area contributed by atoms with Crippen LogP contribution >= 0.6 is 15.9 Å². The van der Waals surface area contributed by atoms with Crippen molar-refractivity contribution >= 4 is 33.2 Å². The summed E-state index contributed by atoms with van der Waals surface area (Å²) in [6.45, 7) is 0.691. The Morgan fingerprint density at radius 2 is 1.75 bits per heavy atom. The quantitative estimate of drug-likeness (QED) is 0.672. The normalized spacial score (nSPS) is 10.2. The van der Waals surface area contributed by atoms with Gasteiger partial charge in [0.05, 0.1) is 5.69 Å². The Bertz CT molecular complexity index is 837. The highest BCUT2D eigenvalue weighted by molar-refractivity contribution is 9.10. The lowest BCUT2D eigenvalue weighted by Gasteiger charge is -2.09. The summed E-state index contributed by atoms with van der Waals surface area (Å²) in [7, 11) is 0. The minimum Gasteiger partial charge on any atom is -0.381 e. The van der Waals surface area contributed by atoms with Gasteiger partial charge in [-0.1, -0.05) is 42.5 Å². The second-order valence-electron chi connectivity index (χ2n) is 5.20. The Kier molecular flexibility index (Phi) is 5.23. The van der Waals surface area contributed by atoms with Crippen molar-refractivity contribution in [2.75, 3.05) is 10.6 Å². The number of anilines is 2. The van der Waals surface area contributed by atoms with E-state index in [9.17, 15) is 4.79 Å². The van der Waals surface area contributed by atoms with Gasteiger partial charge in [-0.25, -0.2) is 0 Å². The third-order valence-corrected chi connectivity index (χ3v) is 4.15. The monoisotopic (exact) mass is 381 g/mol. The number of para-hydroxylation sites is 1. The number of amides is 1. The van der Waals surface area contributed by atoms with Gasteiger partial charge in [0.2, 0.25) is 0 Å². The number of rotatable bonds is 5. The van der Waals surface area contributed by atoms with Crippen molar-refractivity contribution in [1.29, 1.82) is 0 Å². The maximum absolute atomic E-state index is 12.4. The Morgan fingerprint density at radius 3 is 2.54 bits per heavy atom. The molecule has 120 valence electrons. The van der Waals surface area contributed by atoms with Crippen molar-refractivity contribution in [3.05, 3.63) is 88.7 Å². The maximum Gasteiger partial charge on any atom is 0.274 e. The standard InChI is InChI=1S/C19H16BrN3O/c20-16-8-4-5-9-17(16)23-19(24)18-12-15(10-11-21-18)22-13-14-6-2-1-3-7-14/h1-12H,13H2,(H,21,22)(H,23,24). The summed E-state index contributed by atoms with van der Waals surface area (Å²) in [4.78, 5) is 16.5. The Labute approximate surface area is 149 Å². The summed E-state index contributed by atoms with van der Waals surface area (Å²) in [6, 6.07) is 21.1. The van der Waals surface area contributed by atoms with Gasteiger partial charge in [0, 0.05) is 22.9 Å². The number of aromatic nitrogens is 1. The van der Waals surface area contributed by atoms with Gasteiger partial charge in [-0.15, -0.1) is 0 Å². The smallest absolute Gasteiger partial charge is 0.274 e.